The van der Waals surface area contributed by atoms with Crippen LogP contribution < -0.4 is 0 Å². The molecule has 1 heterocycles. The Morgan fingerprint density at radius 1 is 1.43 bits per heavy atom. The highest BCUT2D eigenvalue weighted by atomic mass is 16.5. The lowest BCUT2D eigenvalue weighted by Gasteiger charge is -2.14. The maximum atomic E-state index is 11.9. The van der Waals surface area contributed by atoms with Crippen LogP contribution in [0.2, 0.25) is 0 Å². The van der Waals surface area contributed by atoms with Gasteiger partial charge in [0.2, 0.25) is 0 Å². The van der Waals surface area contributed by atoms with Gasteiger partial charge in [0.15, 0.2) is 0 Å². The molecule has 0 spiro atoms. The van der Waals surface area contributed by atoms with Crippen LogP contribution >= 0.6 is 0 Å². The summed E-state index contributed by atoms with van der Waals surface area (Å²) >= 11 is 0. The van der Waals surface area contributed by atoms with Crippen molar-refractivity contribution in [1.29, 1.82) is 0 Å². The molecule has 1 aromatic carbocycles. The third-order valence-corrected chi connectivity index (χ3v) is 3.51. The van der Waals surface area contributed by atoms with Gasteiger partial charge in [-0.25, -0.2) is 4.79 Å². The topological polar surface area (TPSA) is 35.5 Å². The number of benzene rings is 1. The fraction of sp³-hybridized carbons (Fsp3) is 0.278. The highest BCUT2D eigenvalue weighted by Gasteiger charge is 2.31. The average Bonchev–Trinajstić information content (AvgIpc) is 2.92. The van der Waals surface area contributed by atoms with Crippen LogP contribution in [-0.4, -0.2) is 19.2 Å². The van der Waals surface area contributed by atoms with Crippen molar-refractivity contribution in [3.8, 4) is 0 Å². The van der Waals surface area contributed by atoms with E-state index in [0.29, 0.717) is 30.6 Å². The molecule has 0 saturated heterocycles. The third kappa shape index (κ3) is 3.63. The van der Waals surface area contributed by atoms with Crippen LogP contribution in [0.5, 0.6) is 0 Å². The van der Waals surface area contributed by atoms with Gasteiger partial charge < -0.3 is 9.47 Å². The molecule has 2 rings (SSSR count). The summed E-state index contributed by atoms with van der Waals surface area (Å²) in [5, 5.41) is 0. The Hall–Kier alpha value is -2.29. The first-order valence-electron chi connectivity index (χ1n) is 6.95. The summed E-state index contributed by atoms with van der Waals surface area (Å²) in [6.45, 7) is 7.72. The van der Waals surface area contributed by atoms with Gasteiger partial charge in [-0.1, -0.05) is 43.0 Å². The van der Waals surface area contributed by atoms with E-state index in [9.17, 15) is 4.79 Å². The molecule has 0 fully saturated rings. The first-order chi connectivity index (χ1) is 10.2. The summed E-state index contributed by atoms with van der Waals surface area (Å²) < 4.78 is 10.8. The Balaban J connectivity index is 2.18. The molecule has 0 N–H and O–H groups in total. The van der Waals surface area contributed by atoms with Gasteiger partial charge in [0.1, 0.15) is 11.9 Å². The molecule has 0 aromatic heterocycles. The summed E-state index contributed by atoms with van der Waals surface area (Å²) in [7, 11) is 1.39. The minimum Gasteiger partial charge on any atom is -0.489 e. The second-order valence-electron chi connectivity index (χ2n) is 5.02. The lowest BCUT2D eigenvalue weighted by molar-refractivity contribution is -0.136. The van der Waals surface area contributed by atoms with E-state index in [0.717, 1.165) is 11.1 Å². The molecule has 1 unspecified atom stereocenters. The van der Waals surface area contributed by atoms with Gasteiger partial charge in [-0.15, -0.1) is 6.58 Å². The standard InChI is InChI=1S/C18H20O3/c1-4-8-13(2)16-12-15(18(19)20-3)17(21-16)11-14-9-6-5-7-10-14/h4-7,9-10,16H,1-2,8,11-12H2,3H3. The number of carbonyl (C=O) groups excluding carboxylic acids is 1. The number of ether oxygens (including phenoxy) is 2. The van der Waals surface area contributed by atoms with Crippen LogP contribution in [0.1, 0.15) is 18.4 Å². The number of esters is 1. The van der Waals surface area contributed by atoms with Crippen molar-refractivity contribution < 1.29 is 14.3 Å². The van der Waals surface area contributed by atoms with Gasteiger partial charge in [-0.3, -0.25) is 0 Å². The van der Waals surface area contributed by atoms with Gasteiger partial charge in [-0.2, -0.15) is 0 Å². The second-order valence-corrected chi connectivity index (χ2v) is 5.02. The lowest BCUT2D eigenvalue weighted by atomic mass is 10.0. The van der Waals surface area contributed by atoms with E-state index in [1.54, 1.807) is 6.08 Å². The zero-order valence-electron chi connectivity index (χ0n) is 12.3. The van der Waals surface area contributed by atoms with Gasteiger partial charge >= 0.3 is 5.97 Å². The molecule has 1 aliphatic heterocycles. The minimum absolute atomic E-state index is 0.171. The Bertz CT molecular complexity index is 569. The van der Waals surface area contributed by atoms with Crippen LogP contribution in [0, 0.1) is 0 Å². The predicted molar refractivity (Wildman–Crippen MR) is 82.6 cm³/mol. The highest BCUT2D eigenvalue weighted by molar-refractivity contribution is 5.89. The number of hydrogen-bond acceptors (Lipinski definition) is 3. The predicted octanol–water partition coefficient (Wildman–Crippen LogP) is 3.58. The normalized spacial score (nSPS) is 17.3. The number of methoxy groups -OCH3 is 1. The van der Waals surface area contributed by atoms with Crippen LogP contribution in [-0.2, 0) is 20.7 Å². The number of allylic oxidation sites excluding steroid dienone is 2. The van der Waals surface area contributed by atoms with E-state index in [1.807, 2.05) is 30.3 Å². The van der Waals surface area contributed by atoms with Crippen LogP contribution in [0.3, 0.4) is 0 Å². The molecule has 0 radical (unpaired) electrons. The van der Waals surface area contributed by atoms with Crippen molar-refractivity contribution in [2.24, 2.45) is 0 Å². The summed E-state index contributed by atoms with van der Waals surface area (Å²) in [6, 6.07) is 9.92. The molecular formula is C18H20O3. The van der Waals surface area contributed by atoms with Crippen LogP contribution in [0.15, 0.2) is 66.5 Å². The number of hydrogen-bond donors (Lipinski definition) is 0. The van der Waals surface area contributed by atoms with Crippen molar-refractivity contribution in [1.82, 2.24) is 0 Å². The Kier molecular flexibility index (Phi) is 4.99. The lowest BCUT2D eigenvalue weighted by Crippen LogP contribution is -2.10. The fourth-order valence-corrected chi connectivity index (χ4v) is 2.38. The molecule has 1 aromatic rings. The molecule has 1 atom stereocenters. The molecule has 0 bridgehead atoms. The number of carbonyl (C=O) groups is 1. The second kappa shape index (κ2) is 6.93. The third-order valence-electron chi connectivity index (χ3n) is 3.51. The molecule has 3 heteroatoms. The smallest absolute Gasteiger partial charge is 0.337 e. The van der Waals surface area contributed by atoms with Crippen molar-refractivity contribution in [2.45, 2.75) is 25.4 Å². The van der Waals surface area contributed by atoms with Gasteiger partial charge in [-0.05, 0) is 17.6 Å². The number of rotatable bonds is 6. The maximum Gasteiger partial charge on any atom is 0.337 e. The molecular weight excluding hydrogens is 264 g/mol. The Morgan fingerprint density at radius 3 is 2.76 bits per heavy atom. The largest absolute Gasteiger partial charge is 0.489 e. The Morgan fingerprint density at radius 2 is 2.14 bits per heavy atom. The van der Waals surface area contributed by atoms with E-state index in [4.69, 9.17) is 9.47 Å². The van der Waals surface area contributed by atoms with Crippen LogP contribution in [0.25, 0.3) is 0 Å². The molecule has 3 nitrogen and oxygen atoms in total. The van der Waals surface area contributed by atoms with E-state index >= 15 is 0 Å². The summed E-state index contributed by atoms with van der Waals surface area (Å²) in [4.78, 5) is 11.9. The zero-order chi connectivity index (χ0) is 15.2. The molecule has 21 heavy (non-hydrogen) atoms. The van der Waals surface area contributed by atoms with Gasteiger partial charge in [0, 0.05) is 12.8 Å². The molecule has 110 valence electrons. The monoisotopic (exact) mass is 284 g/mol. The molecule has 1 aliphatic rings. The zero-order valence-corrected chi connectivity index (χ0v) is 12.3. The van der Waals surface area contributed by atoms with E-state index < -0.39 is 0 Å². The quantitative estimate of drug-likeness (QED) is 0.591. The molecule has 0 aliphatic carbocycles. The first kappa shape index (κ1) is 15.1. The van der Waals surface area contributed by atoms with Crippen molar-refractivity contribution in [3.05, 3.63) is 72.0 Å². The summed E-state index contributed by atoms with van der Waals surface area (Å²) in [5.74, 6) is 0.359. The summed E-state index contributed by atoms with van der Waals surface area (Å²) in [5.41, 5.74) is 2.63. The first-order valence-corrected chi connectivity index (χ1v) is 6.95. The minimum atomic E-state index is -0.324. The fourth-order valence-electron chi connectivity index (χ4n) is 2.38. The van der Waals surface area contributed by atoms with Crippen molar-refractivity contribution in [3.63, 3.8) is 0 Å². The maximum absolute atomic E-state index is 11.9. The van der Waals surface area contributed by atoms with E-state index in [1.165, 1.54) is 7.11 Å². The van der Waals surface area contributed by atoms with E-state index in [2.05, 4.69) is 13.2 Å². The van der Waals surface area contributed by atoms with Crippen LogP contribution in [0.4, 0.5) is 0 Å². The Labute approximate surface area is 125 Å². The molecule has 0 saturated carbocycles. The van der Waals surface area contributed by atoms with Crippen molar-refractivity contribution >= 4 is 5.97 Å². The highest BCUT2D eigenvalue weighted by Crippen LogP contribution is 2.32. The van der Waals surface area contributed by atoms with Gasteiger partial charge in [0.05, 0.1) is 12.7 Å². The summed E-state index contributed by atoms with van der Waals surface area (Å²) in [6.07, 6.45) is 3.40. The SMILES string of the molecule is C=CCC(=C)C1CC(C(=O)OC)=C(Cc2ccccc2)O1. The average molecular weight is 284 g/mol. The van der Waals surface area contributed by atoms with Crippen molar-refractivity contribution in [2.75, 3.05) is 7.11 Å². The van der Waals surface area contributed by atoms with Gasteiger partial charge in [0.25, 0.3) is 0 Å². The van der Waals surface area contributed by atoms with E-state index in [-0.39, 0.29) is 12.1 Å². The molecule has 0 amide bonds.